The van der Waals surface area contributed by atoms with Crippen LogP contribution in [0.1, 0.15) is 25.8 Å². The minimum Gasteiger partial charge on any atom is -0.337 e. The van der Waals surface area contributed by atoms with E-state index in [0.29, 0.717) is 21.8 Å². The predicted octanol–water partition coefficient (Wildman–Crippen LogP) is 3.29. The first-order valence-electron chi connectivity index (χ1n) is 5.53. The third-order valence-electron chi connectivity index (χ3n) is 2.62. The molecule has 0 radical (unpaired) electrons. The van der Waals surface area contributed by atoms with Gasteiger partial charge in [-0.1, -0.05) is 19.0 Å². The first-order chi connectivity index (χ1) is 8.49. The monoisotopic (exact) mass is 313 g/mol. The molecular formula is C12H13BrFN3O. The molecule has 2 N–H and O–H groups in total. The van der Waals surface area contributed by atoms with E-state index in [1.807, 2.05) is 13.8 Å². The molecule has 0 spiro atoms. The summed E-state index contributed by atoms with van der Waals surface area (Å²) in [5.41, 5.74) is 6.59. The Morgan fingerprint density at radius 3 is 2.72 bits per heavy atom. The van der Waals surface area contributed by atoms with Crippen LogP contribution in [0, 0.1) is 11.7 Å². The van der Waals surface area contributed by atoms with Crippen LogP contribution < -0.4 is 5.73 Å². The van der Waals surface area contributed by atoms with Crippen LogP contribution in [0.2, 0.25) is 0 Å². The molecule has 1 atom stereocenters. The summed E-state index contributed by atoms with van der Waals surface area (Å²) in [6.45, 7) is 3.95. The summed E-state index contributed by atoms with van der Waals surface area (Å²) in [4.78, 5) is 4.23. The standard InChI is InChI=1S/C12H13BrFN3O/c1-6(2)10(15)12-16-11(17-18-12)7-3-4-9(14)8(13)5-7/h3-6,10H,15H2,1-2H3. The summed E-state index contributed by atoms with van der Waals surface area (Å²) >= 11 is 3.12. The molecule has 0 saturated heterocycles. The van der Waals surface area contributed by atoms with Crippen LogP contribution in [-0.4, -0.2) is 10.1 Å². The van der Waals surface area contributed by atoms with Gasteiger partial charge in [-0.3, -0.25) is 0 Å². The summed E-state index contributed by atoms with van der Waals surface area (Å²) in [5.74, 6) is 0.668. The molecule has 2 aromatic rings. The zero-order valence-electron chi connectivity index (χ0n) is 10.0. The fourth-order valence-electron chi connectivity index (χ4n) is 1.41. The van der Waals surface area contributed by atoms with E-state index in [1.165, 1.54) is 6.07 Å². The largest absolute Gasteiger partial charge is 0.337 e. The normalized spacial score (nSPS) is 13.0. The molecule has 1 aromatic carbocycles. The van der Waals surface area contributed by atoms with E-state index in [1.54, 1.807) is 12.1 Å². The van der Waals surface area contributed by atoms with E-state index in [9.17, 15) is 4.39 Å². The Morgan fingerprint density at radius 1 is 1.39 bits per heavy atom. The minimum atomic E-state index is -0.332. The molecule has 1 unspecified atom stereocenters. The fraction of sp³-hybridized carbons (Fsp3) is 0.333. The van der Waals surface area contributed by atoms with Gasteiger partial charge in [0.15, 0.2) is 0 Å². The van der Waals surface area contributed by atoms with Crippen molar-refractivity contribution in [1.82, 2.24) is 10.1 Å². The van der Waals surface area contributed by atoms with Gasteiger partial charge in [0.25, 0.3) is 0 Å². The van der Waals surface area contributed by atoms with E-state index in [-0.39, 0.29) is 17.8 Å². The van der Waals surface area contributed by atoms with Crippen molar-refractivity contribution in [2.24, 2.45) is 11.7 Å². The van der Waals surface area contributed by atoms with Crippen molar-refractivity contribution in [3.63, 3.8) is 0 Å². The van der Waals surface area contributed by atoms with Gasteiger partial charge in [-0.05, 0) is 40.0 Å². The topological polar surface area (TPSA) is 64.9 Å². The Bertz CT molecular complexity index is 556. The van der Waals surface area contributed by atoms with Crippen LogP contribution in [0.4, 0.5) is 4.39 Å². The lowest BCUT2D eigenvalue weighted by atomic mass is 10.1. The molecule has 0 saturated carbocycles. The molecule has 0 aliphatic carbocycles. The summed E-state index contributed by atoms with van der Waals surface area (Å²) in [5, 5.41) is 3.85. The van der Waals surface area contributed by atoms with Gasteiger partial charge in [0.05, 0.1) is 10.5 Å². The molecule has 0 aliphatic rings. The Kier molecular flexibility index (Phi) is 3.77. The number of aromatic nitrogens is 2. The molecular weight excluding hydrogens is 301 g/mol. The summed E-state index contributed by atoms with van der Waals surface area (Å²) < 4.78 is 18.6. The molecule has 0 bridgehead atoms. The number of nitrogens with zero attached hydrogens (tertiary/aromatic N) is 2. The third-order valence-corrected chi connectivity index (χ3v) is 3.23. The number of halogens is 2. The second kappa shape index (κ2) is 5.16. The predicted molar refractivity (Wildman–Crippen MR) is 69.2 cm³/mol. The molecule has 0 amide bonds. The van der Waals surface area contributed by atoms with Crippen molar-refractivity contribution in [2.75, 3.05) is 0 Å². The third kappa shape index (κ3) is 2.59. The van der Waals surface area contributed by atoms with Crippen molar-refractivity contribution in [2.45, 2.75) is 19.9 Å². The summed E-state index contributed by atoms with van der Waals surface area (Å²) in [6, 6.07) is 4.24. The Labute approximate surface area is 113 Å². The van der Waals surface area contributed by atoms with Gasteiger partial charge < -0.3 is 10.3 Å². The van der Waals surface area contributed by atoms with Gasteiger partial charge in [-0.15, -0.1) is 0 Å². The first-order valence-corrected chi connectivity index (χ1v) is 6.33. The highest BCUT2D eigenvalue weighted by Crippen LogP contribution is 2.25. The lowest BCUT2D eigenvalue weighted by molar-refractivity contribution is 0.325. The van der Waals surface area contributed by atoms with Gasteiger partial charge in [0.1, 0.15) is 5.82 Å². The lowest BCUT2D eigenvalue weighted by Crippen LogP contribution is -2.16. The van der Waals surface area contributed by atoms with E-state index in [0.717, 1.165) is 0 Å². The van der Waals surface area contributed by atoms with Gasteiger partial charge in [0.2, 0.25) is 11.7 Å². The maximum Gasteiger partial charge on any atom is 0.244 e. The van der Waals surface area contributed by atoms with E-state index in [4.69, 9.17) is 10.3 Å². The molecule has 0 aliphatic heterocycles. The molecule has 96 valence electrons. The van der Waals surface area contributed by atoms with Gasteiger partial charge in [-0.2, -0.15) is 4.98 Å². The molecule has 1 aromatic heterocycles. The van der Waals surface area contributed by atoms with Crippen LogP contribution in [0.25, 0.3) is 11.4 Å². The molecule has 1 heterocycles. The molecule has 0 fully saturated rings. The highest BCUT2D eigenvalue weighted by atomic mass is 79.9. The molecule has 6 heteroatoms. The maximum absolute atomic E-state index is 13.1. The zero-order valence-corrected chi connectivity index (χ0v) is 11.6. The SMILES string of the molecule is CC(C)C(N)c1nc(-c2ccc(F)c(Br)c2)no1. The smallest absolute Gasteiger partial charge is 0.244 e. The number of hydrogen-bond donors (Lipinski definition) is 1. The van der Waals surface area contributed by atoms with Crippen LogP contribution >= 0.6 is 15.9 Å². The van der Waals surface area contributed by atoms with Crippen molar-refractivity contribution < 1.29 is 8.91 Å². The van der Waals surface area contributed by atoms with Gasteiger partial charge in [-0.25, -0.2) is 4.39 Å². The average molecular weight is 314 g/mol. The van der Waals surface area contributed by atoms with E-state index < -0.39 is 0 Å². The second-order valence-corrected chi connectivity index (χ2v) is 5.21. The Hall–Kier alpha value is -1.27. The second-order valence-electron chi connectivity index (χ2n) is 4.35. The number of hydrogen-bond acceptors (Lipinski definition) is 4. The van der Waals surface area contributed by atoms with Crippen LogP contribution in [0.15, 0.2) is 27.2 Å². The molecule has 2 rings (SSSR count). The Morgan fingerprint density at radius 2 is 2.11 bits per heavy atom. The highest BCUT2D eigenvalue weighted by molar-refractivity contribution is 9.10. The summed E-state index contributed by atoms with van der Waals surface area (Å²) in [7, 11) is 0. The summed E-state index contributed by atoms with van der Waals surface area (Å²) in [6.07, 6.45) is 0. The first kappa shape index (κ1) is 13.2. The van der Waals surface area contributed by atoms with Crippen LogP contribution in [-0.2, 0) is 0 Å². The van der Waals surface area contributed by atoms with Crippen molar-refractivity contribution in [1.29, 1.82) is 0 Å². The Balaban J connectivity index is 2.32. The molecule has 18 heavy (non-hydrogen) atoms. The van der Waals surface area contributed by atoms with Crippen molar-refractivity contribution in [3.8, 4) is 11.4 Å². The van der Waals surface area contributed by atoms with Gasteiger partial charge >= 0.3 is 0 Å². The maximum atomic E-state index is 13.1. The van der Waals surface area contributed by atoms with Crippen LogP contribution in [0.5, 0.6) is 0 Å². The number of nitrogens with two attached hydrogens (primary N) is 1. The van der Waals surface area contributed by atoms with Gasteiger partial charge in [0, 0.05) is 5.56 Å². The molecule has 4 nitrogen and oxygen atoms in total. The van der Waals surface area contributed by atoms with E-state index in [2.05, 4.69) is 26.1 Å². The van der Waals surface area contributed by atoms with E-state index >= 15 is 0 Å². The van der Waals surface area contributed by atoms with Crippen molar-refractivity contribution in [3.05, 3.63) is 34.4 Å². The average Bonchev–Trinajstić information content (AvgIpc) is 2.81. The quantitative estimate of drug-likeness (QED) is 0.944. The van der Waals surface area contributed by atoms with Crippen molar-refractivity contribution >= 4 is 15.9 Å². The zero-order chi connectivity index (χ0) is 13.3. The number of benzene rings is 1. The fourth-order valence-corrected chi connectivity index (χ4v) is 1.79. The highest BCUT2D eigenvalue weighted by Gasteiger charge is 2.18. The minimum absolute atomic E-state index is 0.207. The lowest BCUT2D eigenvalue weighted by Gasteiger charge is -2.09. The van der Waals surface area contributed by atoms with Crippen LogP contribution in [0.3, 0.4) is 0 Å². The number of rotatable bonds is 3.